The Labute approximate surface area is 187 Å². The van der Waals surface area contributed by atoms with Crippen LogP contribution in [0.4, 0.5) is 18.9 Å². The van der Waals surface area contributed by atoms with Crippen molar-refractivity contribution in [3.05, 3.63) is 65.1 Å². The van der Waals surface area contributed by atoms with Crippen LogP contribution < -0.4 is 10.1 Å². The van der Waals surface area contributed by atoms with Crippen molar-refractivity contribution in [2.45, 2.75) is 33.1 Å². The van der Waals surface area contributed by atoms with E-state index in [1.54, 1.807) is 12.1 Å². The minimum Gasteiger partial charge on any atom is -0.495 e. The van der Waals surface area contributed by atoms with Crippen molar-refractivity contribution in [1.82, 2.24) is 14.8 Å². The van der Waals surface area contributed by atoms with Gasteiger partial charge in [-0.3, -0.25) is 4.79 Å². The van der Waals surface area contributed by atoms with Gasteiger partial charge in [0.2, 0.25) is 0 Å². The molecule has 0 aliphatic heterocycles. The normalized spacial score (nSPS) is 12.2. The number of halogens is 3. The second-order valence-corrected chi connectivity index (χ2v) is 7.20. The Hall–Kier alpha value is -3.89. The van der Waals surface area contributed by atoms with Gasteiger partial charge in [0.15, 0.2) is 11.9 Å². The number of ether oxygens (including phenoxy) is 2. The number of nitrogens with zero attached hydrogens (tertiary/aromatic N) is 3. The monoisotopic (exact) mass is 462 g/mol. The molecule has 0 fully saturated rings. The SMILES string of the molecule is COc1ccc(C)cc1NC(=O)C(C)OC(=O)c1cnn(-c2ccc(C(F)(F)F)cn2)c1C. The van der Waals surface area contributed by atoms with Crippen molar-refractivity contribution in [2.75, 3.05) is 12.4 Å². The highest BCUT2D eigenvalue weighted by Gasteiger charge is 2.31. The molecular weight excluding hydrogens is 441 g/mol. The number of aromatic nitrogens is 3. The Bertz CT molecular complexity index is 1170. The maximum Gasteiger partial charge on any atom is 0.417 e. The van der Waals surface area contributed by atoms with Crippen LogP contribution >= 0.6 is 0 Å². The van der Waals surface area contributed by atoms with Crippen molar-refractivity contribution in [3.8, 4) is 11.6 Å². The first-order valence-electron chi connectivity index (χ1n) is 9.76. The van der Waals surface area contributed by atoms with Gasteiger partial charge in [-0.15, -0.1) is 0 Å². The van der Waals surface area contributed by atoms with E-state index in [4.69, 9.17) is 9.47 Å². The number of hydrogen-bond donors (Lipinski definition) is 1. The summed E-state index contributed by atoms with van der Waals surface area (Å²) in [7, 11) is 1.47. The minimum atomic E-state index is -4.52. The Morgan fingerprint density at radius 1 is 1.12 bits per heavy atom. The van der Waals surface area contributed by atoms with E-state index in [0.29, 0.717) is 23.3 Å². The fourth-order valence-corrected chi connectivity index (χ4v) is 2.95. The summed E-state index contributed by atoms with van der Waals surface area (Å²) in [6.45, 7) is 4.79. The molecule has 0 spiro atoms. The summed E-state index contributed by atoms with van der Waals surface area (Å²) in [5.74, 6) is -0.836. The lowest BCUT2D eigenvalue weighted by Gasteiger charge is -2.15. The van der Waals surface area contributed by atoms with Gasteiger partial charge < -0.3 is 14.8 Å². The number of pyridine rings is 1. The fourth-order valence-electron chi connectivity index (χ4n) is 2.95. The van der Waals surface area contributed by atoms with Crippen molar-refractivity contribution in [3.63, 3.8) is 0 Å². The molecule has 174 valence electrons. The fraction of sp³-hybridized carbons (Fsp3) is 0.273. The van der Waals surface area contributed by atoms with Crippen LogP contribution in [0.2, 0.25) is 0 Å². The lowest BCUT2D eigenvalue weighted by Crippen LogP contribution is -2.30. The Morgan fingerprint density at radius 2 is 1.85 bits per heavy atom. The molecule has 33 heavy (non-hydrogen) atoms. The Kier molecular flexibility index (Phi) is 6.70. The highest BCUT2D eigenvalue weighted by Crippen LogP contribution is 2.29. The Balaban J connectivity index is 1.71. The summed E-state index contributed by atoms with van der Waals surface area (Å²) in [5.41, 5.74) is 0.768. The lowest BCUT2D eigenvalue weighted by atomic mass is 10.2. The number of esters is 1. The molecule has 2 aromatic heterocycles. The van der Waals surface area contributed by atoms with Gasteiger partial charge >= 0.3 is 12.1 Å². The second kappa shape index (κ2) is 9.31. The summed E-state index contributed by atoms with van der Waals surface area (Å²) in [5, 5.41) is 6.66. The molecule has 1 atom stereocenters. The predicted molar refractivity (Wildman–Crippen MR) is 112 cm³/mol. The average Bonchev–Trinajstić information content (AvgIpc) is 3.14. The van der Waals surface area contributed by atoms with E-state index in [9.17, 15) is 22.8 Å². The van der Waals surface area contributed by atoms with Crippen LogP contribution in [0.5, 0.6) is 5.75 Å². The standard InChI is InChI=1S/C22H21F3N4O4/c1-12-5-7-18(32-4)17(9-12)28-20(30)14(3)33-21(31)16-11-27-29(13(16)2)19-8-6-15(10-26-19)22(23,24)25/h5-11,14H,1-4H3,(H,28,30). The van der Waals surface area contributed by atoms with Crippen molar-refractivity contribution < 1.29 is 32.2 Å². The van der Waals surface area contributed by atoms with Crippen molar-refractivity contribution in [1.29, 1.82) is 0 Å². The first-order chi connectivity index (χ1) is 15.5. The van der Waals surface area contributed by atoms with Crippen LogP contribution in [0, 0.1) is 13.8 Å². The summed E-state index contributed by atoms with van der Waals surface area (Å²) in [4.78, 5) is 28.9. The molecule has 11 heteroatoms. The van der Waals surface area contributed by atoms with Crippen LogP contribution in [0.25, 0.3) is 5.82 Å². The number of anilines is 1. The number of alkyl halides is 3. The van der Waals surface area contributed by atoms with Gasteiger partial charge in [-0.1, -0.05) is 6.07 Å². The molecule has 1 unspecified atom stereocenters. The second-order valence-electron chi connectivity index (χ2n) is 7.20. The molecule has 3 aromatic rings. The molecule has 8 nitrogen and oxygen atoms in total. The van der Waals surface area contributed by atoms with E-state index in [2.05, 4.69) is 15.4 Å². The smallest absolute Gasteiger partial charge is 0.417 e. The molecule has 0 aliphatic carbocycles. The maximum atomic E-state index is 12.7. The topological polar surface area (TPSA) is 95.3 Å². The number of carbonyl (C=O) groups excluding carboxylic acids is 2. The zero-order chi connectivity index (χ0) is 24.3. The number of aryl methyl sites for hydroxylation is 1. The van der Waals surface area contributed by atoms with Crippen molar-refractivity contribution >= 4 is 17.6 Å². The zero-order valence-corrected chi connectivity index (χ0v) is 18.2. The van der Waals surface area contributed by atoms with Gasteiger partial charge in [-0.25, -0.2) is 14.5 Å². The molecule has 0 aliphatic rings. The van der Waals surface area contributed by atoms with Crippen molar-refractivity contribution in [2.24, 2.45) is 0 Å². The van der Waals surface area contributed by atoms with Gasteiger partial charge in [0, 0.05) is 6.20 Å². The van der Waals surface area contributed by atoms with E-state index < -0.39 is 29.7 Å². The van der Waals surface area contributed by atoms with Crippen LogP contribution in [0.3, 0.4) is 0 Å². The van der Waals surface area contributed by atoms with Crippen LogP contribution in [-0.4, -0.2) is 39.9 Å². The van der Waals surface area contributed by atoms with Crippen LogP contribution in [0.1, 0.15) is 34.1 Å². The largest absolute Gasteiger partial charge is 0.495 e. The zero-order valence-electron chi connectivity index (χ0n) is 18.2. The van der Waals surface area contributed by atoms with E-state index in [-0.39, 0.29) is 11.4 Å². The summed E-state index contributed by atoms with van der Waals surface area (Å²) in [6.07, 6.45) is -3.78. The molecule has 1 N–H and O–H groups in total. The third-order valence-corrected chi connectivity index (χ3v) is 4.79. The highest BCUT2D eigenvalue weighted by molar-refractivity contribution is 5.98. The van der Waals surface area contributed by atoms with Gasteiger partial charge in [0.05, 0.1) is 30.3 Å². The van der Waals surface area contributed by atoms with E-state index in [1.807, 2.05) is 13.0 Å². The minimum absolute atomic E-state index is 0.0458. The van der Waals surface area contributed by atoms with E-state index in [1.165, 1.54) is 31.8 Å². The van der Waals surface area contributed by atoms with Crippen LogP contribution in [0.15, 0.2) is 42.7 Å². The number of nitrogens with one attached hydrogen (secondary N) is 1. The first-order valence-corrected chi connectivity index (χ1v) is 9.76. The number of benzene rings is 1. The summed E-state index contributed by atoms with van der Waals surface area (Å²) in [6, 6.07) is 7.26. The number of carbonyl (C=O) groups is 2. The van der Waals surface area contributed by atoms with Gasteiger partial charge in [-0.2, -0.15) is 18.3 Å². The Morgan fingerprint density at radius 3 is 2.45 bits per heavy atom. The number of rotatable bonds is 6. The van der Waals surface area contributed by atoms with Crippen LogP contribution in [-0.2, 0) is 15.7 Å². The summed E-state index contributed by atoms with van der Waals surface area (Å²) >= 11 is 0. The lowest BCUT2D eigenvalue weighted by molar-refractivity contribution is -0.137. The van der Waals surface area contributed by atoms with E-state index in [0.717, 1.165) is 17.7 Å². The van der Waals surface area contributed by atoms with E-state index >= 15 is 0 Å². The average molecular weight is 462 g/mol. The number of amides is 1. The molecular formula is C22H21F3N4O4. The molecule has 1 aromatic carbocycles. The van der Waals surface area contributed by atoms with Gasteiger partial charge in [0.1, 0.15) is 11.3 Å². The molecule has 0 bridgehead atoms. The van der Waals surface area contributed by atoms with Gasteiger partial charge in [0.25, 0.3) is 5.91 Å². The van der Waals surface area contributed by atoms with Gasteiger partial charge in [-0.05, 0) is 50.6 Å². The third-order valence-electron chi connectivity index (χ3n) is 4.79. The predicted octanol–water partition coefficient (Wildman–Crippen LogP) is 4.10. The first kappa shape index (κ1) is 23.8. The number of hydrogen-bond acceptors (Lipinski definition) is 6. The molecule has 0 saturated heterocycles. The number of methoxy groups -OCH3 is 1. The highest BCUT2D eigenvalue weighted by atomic mass is 19.4. The quantitative estimate of drug-likeness (QED) is 0.555. The molecule has 0 radical (unpaired) electrons. The molecule has 3 rings (SSSR count). The molecule has 1 amide bonds. The molecule has 2 heterocycles. The molecule has 0 saturated carbocycles. The summed E-state index contributed by atoms with van der Waals surface area (Å²) < 4.78 is 49.9. The maximum absolute atomic E-state index is 12.7. The third kappa shape index (κ3) is 5.30.